The van der Waals surface area contributed by atoms with Crippen molar-refractivity contribution in [3.63, 3.8) is 0 Å². The number of nitrogens with zero attached hydrogens (tertiary/aromatic N) is 4. The van der Waals surface area contributed by atoms with Gasteiger partial charge in [-0.1, -0.05) is 31.2 Å². The maximum absolute atomic E-state index is 5.05. The molecule has 0 amide bonds. The summed E-state index contributed by atoms with van der Waals surface area (Å²) in [6, 6.07) is 12.4. The molecule has 6 heteroatoms. The van der Waals surface area contributed by atoms with Crippen molar-refractivity contribution in [1.29, 1.82) is 0 Å². The molecule has 1 aliphatic heterocycles. The summed E-state index contributed by atoms with van der Waals surface area (Å²) < 4.78 is 0. The Morgan fingerprint density at radius 2 is 1.88 bits per heavy atom. The van der Waals surface area contributed by atoms with E-state index >= 15 is 0 Å². The number of amidine groups is 1. The molecule has 1 fully saturated rings. The number of unbranched alkanes of at least 4 members (excludes halogenated alkanes) is 2. The minimum Gasteiger partial charge on any atom is -0.388 e. The summed E-state index contributed by atoms with van der Waals surface area (Å²) in [5.74, 6) is 1.66. The summed E-state index contributed by atoms with van der Waals surface area (Å²) in [6.07, 6.45) is 7.13. The fraction of sp³-hybridized carbons (Fsp3) is 0.444. The topological polar surface area (TPSA) is 64.9 Å². The molecule has 0 radical (unpaired) electrons. The van der Waals surface area contributed by atoms with E-state index in [0.717, 1.165) is 66.5 Å². The van der Waals surface area contributed by atoms with Gasteiger partial charge in [-0.15, -0.1) is 0 Å². The van der Waals surface area contributed by atoms with Crippen LogP contribution in [-0.4, -0.2) is 62.7 Å². The van der Waals surface area contributed by atoms with Crippen molar-refractivity contribution in [1.82, 2.24) is 20.5 Å². The van der Waals surface area contributed by atoms with Gasteiger partial charge in [-0.05, 0) is 76.2 Å². The van der Waals surface area contributed by atoms with Crippen LogP contribution in [0.4, 0.5) is 5.82 Å². The second kappa shape index (κ2) is 12.9. The van der Waals surface area contributed by atoms with Crippen molar-refractivity contribution in [2.45, 2.75) is 38.5 Å². The Morgan fingerprint density at radius 1 is 1.06 bits per heavy atom. The van der Waals surface area contributed by atoms with Gasteiger partial charge in [0, 0.05) is 37.9 Å². The highest BCUT2D eigenvalue weighted by molar-refractivity contribution is 6.03. The molecular weight excluding hydrogens is 408 g/mol. The minimum atomic E-state index is 0.643. The summed E-state index contributed by atoms with van der Waals surface area (Å²) in [6.45, 7) is 11.8. The molecule has 176 valence electrons. The molecule has 6 nitrogen and oxygen atoms in total. The molecule has 1 saturated heterocycles. The first-order valence-electron chi connectivity index (χ1n) is 12.1. The minimum absolute atomic E-state index is 0.643. The molecule has 2 N–H and O–H groups in total. The van der Waals surface area contributed by atoms with Crippen molar-refractivity contribution in [2.75, 3.05) is 40.3 Å². The number of aromatic nitrogens is 1. The lowest BCUT2D eigenvalue weighted by atomic mass is 10.0. The van der Waals surface area contributed by atoms with Crippen LogP contribution in [0, 0.1) is 0 Å². The van der Waals surface area contributed by atoms with Crippen LogP contribution in [0.1, 0.15) is 49.7 Å². The second-order valence-corrected chi connectivity index (χ2v) is 8.45. The maximum Gasteiger partial charge on any atom is 0.162 e. The van der Waals surface area contributed by atoms with E-state index in [9.17, 15) is 0 Å². The molecule has 0 spiro atoms. The molecule has 1 aliphatic rings. The van der Waals surface area contributed by atoms with E-state index in [1.54, 1.807) is 0 Å². The number of hydrogen-bond donors (Lipinski definition) is 2. The maximum atomic E-state index is 5.05. The molecule has 0 unspecified atom stereocenters. The summed E-state index contributed by atoms with van der Waals surface area (Å²) in [4.78, 5) is 16.6. The van der Waals surface area contributed by atoms with Crippen LogP contribution in [0.3, 0.4) is 0 Å². The zero-order valence-electron chi connectivity index (χ0n) is 20.2. The van der Waals surface area contributed by atoms with Crippen LogP contribution >= 0.6 is 0 Å². The largest absolute Gasteiger partial charge is 0.388 e. The van der Waals surface area contributed by atoms with Crippen LogP contribution in [0.15, 0.2) is 53.0 Å². The molecule has 3 rings (SSSR count). The zero-order valence-corrected chi connectivity index (χ0v) is 20.2. The lowest BCUT2D eigenvalue weighted by molar-refractivity contribution is 0.341. The van der Waals surface area contributed by atoms with Gasteiger partial charge >= 0.3 is 0 Å². The Kier molecular flexibility index (Phi) is 9.63. The number of benzene rings is 1. The van der Waals surface area contributed by atoms with Gasteiger partial charge in [-0.2, -0.15) is 0 Å². The van der Waals surface area contributed by atoms with Crippen molar-refractivity contribution in [3.05, 3.63) is 54.1 Å². The fourth-order valence-electron chi connectivity index (χ4n) is 4.15. The number of aliphatic imine (C=N–C) groups is 2. The highest BCUT2D eigenvalue weighted by Crippen LogP contribution is 2.27. The van der Waals surface area contributed by atoms with E-state index in [0.29, 0.717) is 5.82 Å². The van der Waals surface area contributed by atoms with Crippen molar-refractivity contribution >= 4 is 24.1 Å². The summed E-state index contributed by atoms with van der Waals surface area (Å²) >= 11 is 0. The highest BCUT2D eigenvalue weighted by Gasteiger charge is 2.20. The SMILES string of the molecule is C=Nc1nc(-c2cccc(C(=C)NC)c2)ccc1/C(=N\CCCCCNC)N1CCCCC1. The molecule has 0 atom stereocenters. The Balaban J connectivity index is 1.89. The van der Waals surface area contributed by atoms with Crippen LogP contribution < -0.4 is 10.6 Å². The van der Waals surface area contributed by atoms with Gasteiger partial charge in [-0.25, -0.2) is 9.98 Å². The molecule has 2 aromatic rings. The average molecular weight is 447 g/mol. The van der Waals surface area contributed by atoms with E-state index in [1.165, 1.54) is 32.1 Å². The van der Waals surface area contributed by atoms with Gasteiger partial charge in [0.2, 0.25) is 0 Å². The smallest absolute Gasteiger partial charge is 0.162 e. The molecule has 1 aromatic heterocycles. The Bertz CT molecular complexity index is 959. The quantitative estimate of drug-likeness (QED) is 0.293. The third-order valence-electron chi connectivity index (χ3n) is 6.08. The van der Waals surface area contributed by atoms with Crippen molar-refractivity contribution < 1.29 is 0 Å². The Labute approximate surface area is 199 Å². The van der Waals surface area contributed by atoms with Gasteiger partial charge in [0.1, 0.15) is 5.84 Å². The molecule has 0 bridgehead atoms. The molecule has 0 saturated carbocycles. The zero-order chi connectivity index (χ0) is 23.5. The number of nitrogens with one attached hydrogen (secondary N) is 2. The van der Waals surface area contributed by atoms with Gasteiger partial charge in [0.15, 0.2) is 5.82 Å². The van der Waals surface area contributed by atoms with Gasteiger partial charge in [0.05, 0.1) is 11.3 Å². The van der Waals surface area contributed by atoms with Gasteiger partial charge < -0.3 is 15.5 Å². The summed E-state index contributed by atoms with van der Waals surface area (Å²) in [7, 11) is 3.88. The van der Waals surface area contributed by atoms with Gasteiger partial charge in [-0.3, -0.25) is 4.99 Å². The Morgan fingerprint density at radius 3 is 2.61 bits per heavy atom. The third kappa shape index (κ3) is 6.75. The van der Waals surface area contributed by atoms with Crippen LogP contribution in [-0.2, 0) is 0 Å². The van der Waals surface area contributed by atoms with E-state index in [4.69, 9.17) is 9.98 Å². The van der Waals surface area contributed by atoms with Crippen molar-refractivity contribution in [2.24, 2.45) is 9.98 Å². The number of hydrogen-bond acceptors (Lipinski definition) is 5. The normalized spacial score (nSPS) is 14.2. The lowest BCUT2D eigenvalue weighted by Crippen LogP contribution is -2.36. The molecule has 2 heterocycles. The molecule has 1 aromatic carbocycles. The standard InChI is InChI=1S/C27H38N6/c1-21(29-3)22-12-11-13-23(20-22)25-15-14-24(26(30-4)32-25)27(33-18-9-6-10-19-33)31-17-8-5-7-16-28-2/h11-15,20,28-29H,1,4-10,16-19H2,2-3H3/b31-27+. The van der Waals surface area contributed by atoms with E-state index in [2.05, 4.69) is 58.1 Å². The second-order valence-electron chi connectivity index (χ2n) is 8.45. The lowest BCUT2D eigenvalue weighted by Gasteiger charge is -2.30. The van der Waals surface area contributed by atoms with E-state index in [-0.39, 0.29) is 0 Å². The van der Waals surface area contributed by atoms with E-state index < -0.39 is 0 Å². The summed E-state index contributed by atoms with van der Waals surface area (Å²) in [5, 5.41) is 6.32. The predicted molar refractivity (Wildman–Crippen MR) is 142 cm³/mol. The molecule has 0 aliphatic carbocycles. The van der Waals surface area contributed by atoms with Crippen LogP contribution in [0.5, 0.6) is 0 Å². The number of rotatable bonds is 11. The van der Waals surface area contributed by atoms with Crippen molar-refractivity contribution in [3.8, 4) is 11.3 Å². The van der Waals surface area contributed by atoms with Crippen LogP contribution in [0.25, 0.3) is 17.0 Å². The first-order valence-corrected chi connectivity index (χ1v) is 12.1. The third-order valence-corrected chi connectivity index (χ3v) is 6.08. The Hall–Kier alpha value is -2.99. The van der Waals surface area contributed by atoms with Crippen LogP contribution in [0.2, 0.25) is 0 Å². The fourth-order valence-corrected chi connectivity index (χ4v) is 4.15. The number of pyridine rings is 1. The molecular formula is C27H38N6. The first kappa shape index (κ1) is 24.6. The number of piperidine rings is 1. The first-order chi connectivity index (χ1) is 16.2. The number of likely N-dealkylation sites (tertiary alicyclic amines) is 1. The summed E-state index contributed by atoms with van der Waals surface area (Å²) in [5.41, 5.74) is 4.80. The highest BCUT2D eigenvalue weighted by atomic mass is 15.2. The average Bonchev–Trinajstić information content (AvgIpc) is 2.88. The monoisotopic (exact) mass is 446 g/mol. The predicted octanol–water partition coefficient (Wildman–Crippen LogP) is 4.89. The van der Waals surface area contributed by atoms with Gasteiger partial charge in [0.25, 0.3) is 0 Å². The molecule has 33 heavy (non-hydrogen) atoms. The van der Waals surface area contributed by atoms with E-state index in [1.807, 2.05) is 26.2 Å².